The van der Waals surface area contributed by atoms with Gasteiger partial charge < -0.3 is 14.6 Å². The molecule has 0 aliphatic rings. The monoisotopic (exact) mass is 721 g/mol. The molecule has 0 radical (unpaired) electrons. The Labute approximate surface area is 319 Å². The molecule has 0 rings (SSSR count). The minimum absolute atomic E-state index is 0.0748. The molecule has 0 aromatic rings. The molecule has 1 unspecified atom stereocenters. The SMILES string of the molecule is CC/C=C\C/C=C\C/C=C\C/C=C\C/C=C\C/C=C\C/C=C\C/C=C\CCCCCCCCCCC(=O)OC(CO)COC(=O)CCCCCCC. The molecule has 0 amide bonds. The highest BCUT2D eigenvalue weighted by atomic mass is 16.6. The van der Waals surface area contributed by atoms with E-state index in [9.17, 15) is 14.7 Å². The number of aliphatic hydroxyl groups excluding tert-OH is 1. The third-order valence-corrected chi connectivity index (χ3v) is 8.39. The Kier molecular flexibility index (Phi) is 39.7. The first-order valence-corrected chi connectivity index (χ1v) is 20.8. The van der Waals surface area contributed by atoms with Crippen LogP contribution in [0.2, 0.25) is 0 Å². The highest BCUT2D eigenvalue weighted by molar-refractivity contribution is 5.70. The van der Waals surface area contributed by atoms with Gasteiger partial charge in [0.1, 0.15) is 6.61 Å². The summed E-state index contributed by atoms with van der Waals surface area (Å²) in [5.41, 5.74) is 0. The summed E-state index contributed by atoms with van der Waals surface area (Å²) in [7, 11) is 0. The highest BCUT2D eigenvalue weighted by Crippen LogP contribution is 2.12. The lowest BCUT2D eigenvalue weighted by Gasteiger charge is -2.15. The maximum absolute atomic E-state index is 12.1. The Morgan fingerprint density at radius 1 is 0.462 bits per heavy atom. The fourth-order valence-corrected chi connectivity index (χ4v) is 5.27. The van der Waals surface area contributed by atoms with E-state index in [1.165, 1.54) is 44.9 Å². The second kappa shape index (κ2) is 42.2. The molecule has 0 saturated heterocycles. The van der Waals surface area contributed by atoms with Crippen molar-refractivity contribution in [3.05, 3.63) is 97.2 Å². The summed E-state index contributed by atoms with van der Waals surface area (Å²) in [6, 6.07) is 0. The summed E-state index contributed by atoms with van der Waals surface area (Å²) in [6.07, 6.45) is 59.5. The first-order chi connectivity index (χ1) is 25.6. The van der Waals surface area contributed by atoms with Crippen LogP contribution in [0.4, 0.5) is 0 Å². The van der Waals surface area contributed by atoms with Crippen LogP contribution in [-0.4, -0.2) is 36.4 Å². The van der Waals surface area contributed by atoms with Crippen LogP contribution < -0.4 is 0 Å². The van der Waals surface area contributed by atoms with Gasteiger partial charge in [-0.05, 0) is 77.0 Å². The number of ether oxygens (including phenoxy) is 2. The average Bonchev–Trinajstić information content (AvgIpc) is 3.15. The largest absolute Gasteiger partial charge is 0.462 e. The van der Waals surface area contributed by atoms with Crippen LogP contribution in [0.3, 0.4) is 0 Å². The van der Waals surface area contributed by atoms with Gasteiger partial charge in [0, 0.05) is 12.8 Å². The molecule has 0 aromatic carbocycles. The van der Waals surface area contributed by atoms with Crippen LogP contribution >= 0.6 is 0 Å². The second-order valence-electron chi connectivity index (χ2n) is 13.3. The van der Waals surface area contributed by atoms with Gasteiger partial charge in [0.05, 0.1) is 6.61 Å². The fourth-order valence-electron chi connectivity index (χ4n) is 5.27. The lowest BCUT2D eigenvalue weighted by molar-refractivity contribution is -0.161. The number of unbranched alkanes of at least 4 members (excludes halogenated alkanes) is 12. The number of hydrogen-bond donors (Lipinski definition) is 1. The first-order valence-electron chi connectivity index (χ1n) is 20.8. The molecule has 5 heteroatoms. The molecule has 0 aliphatic carbocycles. The van der Waals surface area contributed by atoms with Crippen LogP contribution in [0.5, 0.6) is 0 Å². The van der Waals surface area contributed by atoms with Crippen LogP contribution in [0.15, 0.2) is 97.2 Å². The summed E-state index contributed by atoms with van der Waals surface area (Å²) in [5.74, 6) is -0.623. The lowest BCUT2D eigenvalue weighted by Crippen LogP contribution is -2.28. The van der Waals surface area contributed by atoms with Crippen LogP contribution in [0, 0.1) is 0 Å². The van der Waals surface area contributed by atoms with E-state index >= 15 is 0 Å². The van der Waals surface area contributed by atoms with Gasteiger partial charge in [-0.2, -0.15) is 0 Å². The summed E-state index contributed by atoms with van der Waals surface area (Å²) < 4.78 is 10.5. The van der Waals surface area contributed by atoms with E-state index in [1.54, 1.807) is 0 Å². The molecular weight excluding hydrogens is 645 g/mol. The normalized spacial score (nSPS) is 13.2. The Bertz CT molecular complexity index is 1040. The van der Waals surface area contributed by atoms with Gasteiger partial charge in [-0.3, -0.25) is 9.59 Å². The topological polar surface area (TPSA) is 72.8 Å². The molecule has 0 saturated carbocycles. The molecule has 1 atom stereocenters. The molecule has 294 valence electrons. The Hall–Kier alpha value is -3.18. The van der Waals surface area contributed by atoms with Crippen molar-refractivity contribution in [2.75, 3.05) is 13.2 Å². The van der Waals surface area contributed by atoms with E-state index < -0.39 is 6.10 Å². The van der Waals surface area contributed by atoms with E-state index in [0.29, 0.717) is 12.8 Å². The second-order valence-corrected chi connectivity index (χ2v) is 13.3. The third-order valence-electron chi connectivity index (χ3n) is 8.39. The van der Waals surface area contributed by atoms with Crippen molar-refractivity contribution >= 4 is 11.9 Å². The quantitative estimate of drug-likeness (QED) is 0.0396. The minimum atomic E-state index is -0.776. The zero-order valence-electron chi connectivity index (χ0n) is 33.3. The highest BCUT2D eigenvalue weighted by Gasteiger charge is 2.16. The summed E-state index contributed by atoms with van der Waals surface area (Å²) in [4.78, 5) is 24.0. The van der Waals surface area contributed by atoms with Gasteiger partial charge in [0.15, 0.2) is 6.10 Å². The molecule has 0 bridgehead atoms. The fraction of sp³-hybridized carbons (Fsp3) is 0.617. The standard InChI is InChI=1S/C47H76O5/c1-3-5-7-9-10-11-12-13-14-15-16-17-18-19-20-21-22-23-24-25-26-27-28-29-30-31-32-33-34-35-36-38-40-42-47(50)52-45(43-48)44-51-46(49)41-39-37-8-6-4-2/h5,7,10-11,13-14,16-17,19-20,22-23,25-26,28-29,45,48H,3-4,6,8-9,12,15,18,21,24,27,30-44H2,1-2H3/b7-5-,11-10-,14-13-,17-16-,20-19-,23-22-,26-25-,29-28-. The maximum Gasteiger partial charge on any atom is 0.306 e. The van der Waals surface area contributed by atoms with E-state index in [0.717, 1.165) is 96.3 Å². The minimum Gasteiger partial charge on any atom is -0.462 e. The number of aliphatic hydroxyl groups is 1. The van der Waals surface area contributed by atoms with Gasteiger partial charge >= 0.3 is 11.9 Å². The molecule has 0 spiro atoms. The molecule has 52 heavy (non-hydrogen) atoms. The molecule has 0 fully saturated rings. The van der Waals surface area contributed by atoms with Crippen LogP contribution in [0.1, 0.15) is 168 Å². The lowest BCUT2D eigenvalue weighted by atomic mass is 10.1. The predicted molar refractivity (Wildman–Crippen MR) is 223 cm³/mol. The van der Waals surface area contributed by atoms with Gasteiger partial charge in [-0.1, -0.05) is 175 Å². The molecule has 0 aliphatic heterocycles. The maximum atomic E-state index is 12.1. The van der Waals surface area contributed by atoms with Crippen molar-refractivity contribution in [1.82, 2.24) is 0 Å². The Morgan fingerprint density at radius 2 is 0.827 bits per heavy atom. The zero-order chi connectivity index (χ0) is 37.8. The van der Waals surface area contributed by atoms with Crippen molar-refractivity contribution in [2.24, 2.45) is 0 Å². The van der Waals surface area contributed by atoms with Gasteiger partial charge in [0.2, 0.25) is 0 Å². The number of hydrogen-bond acceptors (Lipinski definition) is 5. The van der Waals surface area contributed by atoms with E-state index in [-0.39, 0.29) is 25.2 Å². The molecule has 0 heterocycles. The first kappa shape index (κ1) is 48.8. The van der Waals surface area contributed by atoms with Crippen molar-refractivity contribution in [3.63, 3.8) is 0 Å². The van der Waals surface area contributed by atoms with Crippen LogP contribution in [0.25, 0.3) is 0 Å². The van der Waals surface area contributed by atoms with E-state index in [2.05, 4.69) is 111 Å². The number of rotatable bonds is 36. The number of carbonyl (C=O) groups excluding carboxylic acids is 2. The Morgan fingerprint density at radius 3 is 1.25 bits per heavy atom. The number of esters is 2. The van der Waals surface area contributed by atoms with Crippen LogP contribution in [-0.2, 0) is 19.1 Å². The smallest absolute Gasteiger partial charge is 0.306 e. The number of carbonyl (C=O) groups is 2. The van der Waals surface area contributed by atoms with Crippen molar-refractivity contribution < 1.29 is 24.2 Å². The van der Waals surface area contributed by atoms with Crippen molar-refractivity contribution in [1.29, 1.82) is 0 Å². The zero-order valence-corrected chi connectivity index (χ0v) is 33.3. The molecular formula is C47H76O5. The molecule has 5 nitrogen and oxygen atoms in total. The summed E-state index contributed by atoms with van der Waals surface area (Å²) >= 11 is 0. The predicted octanol–water partition coefficient (Wildman–Crippen LogP) is 13.3. The summed E-state index contributed by atoms with van der Waals surface area (Å²) in [5, 5.41) is 9.47. The van der Waals surface area contributed by atoms with Gasteiger partial charge in [-0.25, -0.2) is 0 Å². The average molecular weight is 721 g/mol. The van der Waals surface area contributed by atoms with Gasteiger partial charge in [-0.15, -0.1) is 0 Å². The van der Waals surface area contributed by atoms with E-state index in [4.69, 9.17) is 9.47 Å². The third kappa shape index (κ3) is 39.6. The van der Waals surface area contributed by atoms with Crippen molar-refractivity contribution in [2.45, 2.75) is 174 Å². The number of allylic oxidation sites excluding steroid dienone is 16. The van der Waals surface area contributed by atoms with Gasteiger partial charge in [0.25, 0.3) is 0 Å². The molecule has 0 aromatic heterocycles. The Balaban J connectivity index is 3.59. The van der Waals surface area contributed by atoms with E-state index in [1.807, 2.05) is 0 Å². The summed E-state index contributed by atoms with van der Waals surface area (Å²) in [6.45, 7) is 3.90. The molecule has 1 N–H and O–H groups in total. The van der Waals surface area contributed by atoms with Crippen molar-refractivity contribution in [3.8, 4) is 0 Å².